The average molecular weight is 429 g/mol. The van der Waals surface area contributed by atoms with E-state index in [1.54, 1.807) is 19.2 Å². The number of rotatable bonds is 12. The minimum Gasteiger partial charge on any atom is -0.760 e. The van der Waals surface area contributed by atoms with Crippen molar-refractivity contribution in [3.8, 4) is 0 Å². The largest absolute Gasteiger partial charge is 0.760 e. The SMILES string of the molecule is CCC(COC)CC(NS(=O)[O-])C(C)COC1CCC(c2cccc(F)c2)CC1. The van der Waals surface area contributed by atoms with Gasteiger partial charge in [0.2, 0.25) is 0 Å². The van der Waals surface area contributed by atoms with Gasteiger partial charge in [-0.3, -0.25) is 4.21 Å². The zero-order chi connectivity index (χ0) is 21.2. The lowest BCUT2D eigenvalue weighted by atomic mass is 9.82. The Morgan fingerprint density at radius 2 is 2.00 bits per heavy atom. The molecule has 0 heterocycles. The van der Waals surface area contributed by atoms with Gasteiger partial charge in [0.1, 0.15) is 5.82 Å². The number of hydrogen-bond donors (Lipinski definition) is 1. The van der Waals surface area contributed by atoms with Crippen LogP contribution in [0.4, 0.5) is 4.39 Å². The molecule has 7 heteroatoms. The van der Waals surface area contributed by atoms with Gasteiger partial charge in [-0.2, -0.15) is 0 Å². The highest BCUT2D eigenvalue weighted by atomic mass is 32.2. The van der Waals surface area contributed by atoms with Gasteiger partial charge in [0.05, 0.1) is 12.7 Å². The molecular formula is C22H35FNO4S-. The van der Waals surface area contributed by atoms with Gasteiger partial charge in [-0.1, -0.05) is 32.4 Å². The lowest BCUT2D eigenvalue weighted by Crippen LogP contribution is -2.40. The molecule has 0 bridgehead atoms. The Bertz CT molecular complexity index is 625. The topological polar surface area (TPSA) is 70.6 Å². The van der Waals surface area contributed by atoms with E-state index >= 15 is 0 Å². The minimum atomic E-state index is -2.30. The van der Waals surface area contributed by atoms with Crippen LogP contribution in [0.2, 0.25) is 0 Å². The Kier molecular flexibility index (Phi) is 10.7. The molecule has 5 nitrogen and oxygen atoms in total. The molecule has 1 fully saturated rings. The minimum absolute atomic E-state index is 0.0692. The van der Waals surface area contributed by atoms with E-state index in [1.807, 2.05) is 13.0 Å². The maximum absolute atomic E-state index is 13.5. The summed E-state index contributed by atoms with van der Waals surface area (Å²) in [5, 5.41) is 0. The summed E-state index contributed by atoms with van der Waals surface area (Å²) in [6.07, 6.45) is 5.72. The summed E-state index contributed by atoms with van der Waals surface area (Å²) in [4.78, 5) is 0. The average Bonchev–Trinajstić information content (AvgIpc) is 2.71. The molecule has 0 spiro atoms. The van der Waals surface area contributed by atoms with Gasteiger partial charge in [0.25, 0.3) is 0 Å². The molecule has 0 saturated heterocycles. The van der Waals surface area contributed by atoms with Gasteiger partial charge >= 0.3 is 0 Å². The molecule has 29 heavy (non-hydrogen) atoms. The maximum atomic E-state index is 13.5. The number of hydrogen-bond acceptors (Lipinski definition) is 4. The van der Waals surface area contributed by atoms with Crippen LogP contribution in [0.25, 0.3) is 0 Å². The zero-order valence-electron chi connectivity index (χ0n) is 17.8. The van der Waals surface area contributed by atoms with Crippen LogP contribution in [-0.2, 0) is 20.7 Å². The van der Waals surface area contributed by atoms with Crippen molar-refractivity contribution in [2.24, 2.45) is 11.8 Å². The van der Waals surface area contributed by atoms with Crippen LogP contribution in [-0.4, -0.2) is 41.2 Å². The number of halogens is 1. The summed E-state index contributed by atoms with van der Waals surface area (Å²) in [7, 11) is 1.67. The molecule has 1 aliphatic rings. The fourth-order valence-electron chi connectivity index (χ4n) is 4.19. The quantitative estimate of drug-likeness (QED) is 0.503. The first-order valence-corrected chi connectivity index (χ1v) is 11.7. The molecule has 1 aromatic rings. The van der Waals surface area contributed by atoms with Crippen molar-refractivity contribution < 1.29 is 22.6 Å². The second kappa shape index (κ2) is 12.7. The first kappa shape index (κ1) is 24.4. The second-order valence-electron chi connectivity index (χ2n) is 8.26. The number of ether oxygens (including phenoxy) is 2. The summed E-state index contributed by atoms with van der Waals surface area (Å²) >= 11 is -2.30. The third-order valence-electron chi connectivity index (χ3n) is 6.09. The Morgan fingerprint density at radius 1 is 1.28 bits per heavy atom. The van der Waals surface area contributed by atoms with Gasteiger partial charge in [0.15, 0.2) is 0 Å². The van der Waals surface area contributed by atoms with Gasteiger partial charge in [0, 0.05) is 31.0 Å². The van der Waals surface area contributed by atoms with Crippen LogP contribution in [0.1, 0.15) is 63.9 Å². The van der Waals surface area contributed by atoms with Crippen molar-refractivity contribution in [1.29, 1.82) is 0 Å². The fourth-order valence-corrected chi connectivity index (χ4v) is 4.77. The summed E-state index contributed by atoms with van der Waals surface area (Å²) < 4.78 is 50.0. The van der Waals surface area contributed by atoms with E-state index in [-0.39, 0.29) is 23.9 Å². The third-order valence-corrected chi connectivity index (χ3v) is 6.59. The van der Waals surface area contributed by atoms with Crippen molar-refractivity contribution in [3.05, 3.63) is 35.6 Å². The highest BCUT2D eigenvalue weighted by Gasteiger charge is 2.26. The molecule has 1 N–H and O–H groups in total. The van der Waals surface area contributed by atoms with Crippen LogP contribution < -0.4 is 4.72 Å². The lowest BCUT2D eigenvalue weighted by Gasteiger charge is -2.32. The van der Waals surface area contributed by atoms with Crippen molar-refractivity contribution >= 4 is 11.3 Å². The first-order valence-electron chi connectivity index (χ1n) is 10.6. The Morgan fingerprint density at radius 3 is 2.59 bits per heavy atom. The van der Waals surface area contributed by atoms with Gasteiger partial charge < -0.3 is 14.0 Å². The van der Waals surface area contributed by atoms with Crippen LogP contribution in [0, 0.1) is 17.7 Å². The van der Waals surface area contributed by atoms with E-state index in [0.717, 1.165) is 44.1 Å². The summed E-state index contributed by atoms with van der Waals surface area (Å²) in [6, 6.07) is 6.72. The molecule has 0 aromatic heterocycles. The first-order chi connectivity index (χ1) is 13.9. The fraction of sp³-hybridized carbons (Fsp3) is 0.727. The maximum Gasteiger partial charge on any atom is 0.123 e. The number of methoxy groups -OCH3 is 1. The van der Waals surface area contributed by atoms with E-state index in [0.29, 0.717) is 25.0 Å². The predicted molar refractivity (Wildman–Crippen MR) is 113 cm³/mol. The third kappa shape index (κ3) is 8.42. The Labute approximate surface area is 177 Å². The van der Waals surface area contributed by atoms with Gasteiger partial charge in [-0.25, -0.2) is 9.11 Å². The highest BCUT2D eigenvalue weighted by molar-refractivity contribution is 7.77. The van der Waals surface area contributed by atoms with Crippen LogP contribution in [0.3, 0.4) is 0 Å². The van der Waals surface area contributed by atoms with Crippen molar-refractivity contribution in [3.63, 3.8) is 0 Å². The van der Waals surface area contributed by atoms with E-state index in [1.165, 1.54) is 6.07 Å². The Hall–Kier alpha value is -0.860. The summed E-state index contributed by atoms with van der Waals surface area (Å²) in [5.41, 5.74) is 1.07. The van der Waals surface area contributed by atoms with Crippen LogP contribution in [0.5, 0.6) is 0 Å². The van der Waals surface area contributed by atoms with Crippen molar-refractivity contribution in [2.45, 2.75) is 70.4 Å². The predicted octanol–water partition coefficient (Wildman–Crippen LogP) is 4.32. The van der Waals surface area contributed by atoms with Crippen LogP contribution in [0.15, 0.2) is 24.3 Å². The molecule has 0 aliphatic heterocycles. The van der Waals surface area contributed by atoms with E-state index < -0.39 is 11.3 Å². The van der Waals surface area contributed by atoms with Gasteiger partial charge in [-0.05, 0) is 67.6 Å². The molecule has 1 aromatic carbocycles. The molecule has 2 rings (SSSR count). The molecule has 4 unspecified atom stereocenters. The second-order valence-corrected chi connectivity index (χ2v) is 8.97. The Balaban J connectivity index is 1.81. The van der Waals surface area contributed by atoms with Gasteiger partial charge in [-0.15, -0.1) is 0 Å². The molecule has 4 atom stereocenters. The molecular weight excluding hydrogens is 393 g/mol. The smallest absolute Gasteiger partial charge is 0.123 e. The zero-order valence-corrected chi connectivity index (χ0v) is 18.6. The summed E-state index contributed by atoms with van der Waals surface area (Å²) in [6.45, 7) is 5.26. The molecule has 0 radical (unpaired) electrons. The lowest BCUT2D eigenvalue weighted by molar-refractivity contribution is 0.000195. The van der Waals surface area contributed by atoms with E-state index in [2.05, 4.69) is 11.6 Å². The monoisotopic (exact) mass is 428 g/mol. The summed E-state index contributed by atoms with van der Waals surface area (Å²) in [5.74, 6) is 0.590. The molecule has 1 saturated carbocycles. The highest BCUT2D eigenvalue weighted by Crippen LogP contribution is 2.34. The normalized spacial score (nSPS) is 24.0. The van der Waals surface area contributed by atoms with Crippen molar-refractivity contribution in [2.75, 3.05) is 20.3 Å². The number of nitrogens with one attached hydrogen (secondary N) is 1. The van der Waals surface area contributed by atoms with E-state index in [4.69, 9.17) is 9.47 Å². The van der Waals surface area contributed by atoms with E-state index in [9.17, 15) is 13.2 Å². The van der Waals surface area contributed by atoms with Crippen molar-refractivity contribution in [1.82, 2.24) is 4.72 Å². The molecule has 1 aliphatic carbocycles. The molecule has 166 valence electrons. The van der Waals surface area contributed by atoms with Crippen LogP contribution >= 0.6 is 0 Å². The standard InChI is InChI=1S/C22H36FNO4S/c1-4-17(15-27-3)12-22(24-29(25)26)16(2)14-28-21-10-8-18(9-11-21)19-6-5-7-20(23)13-19/h5-7,13,16-18,21-22,24H,4,8-12,14-15H2,1-3H3,(H,25,26)/p-1. The molecule has 0 amide bonds. The number of benzene rings is 1.